The number of amides is 2. The molecule has 0 spiro atoms. The van der Waals surface area contributed by atoms with Gasteiger partial charge in [-0.3, -0.25) is 9.59 Å². The Morgan fingerprint density at radius 2 is 1.92 bits per heavy atom. The first-order valence-electron chi connectivity index (χ1n) is 7.15. The maximum atomic E-state index is 12.2. The zero-order chi connectivity index (χ0) is 17.7. The third kappa shape index (κ3) is 4.17. The van der Waals surface area contributed by atoms with Gasteiger partial charge in [-0.15, -0.1) is 0 Å². The summed E-state index contributed by atoms with van der Waals surface area (Å²) >= 11 is 5.96. The van der Waals surface area contributed by atoms with Crippen LogP contribution in [0.5, 0.6) is 11.5 Å². The van der Waals surface area contributed by atoms with Gasteiger partial charge in [-0.2, -0.15) is 0 Å². The lowest BCUT2D eigenvalue weighted by Gasteiger charge is -2.15. The second-order valence-electron chi connectivity index (χ2n) is 5.05. The van der Waals surface area contributed by atoms with Crippen molar-refractivity contribution >= 4 is 29.1 Å². The number of nitrogens with one attached hydrogen (secondary N) is 2. The van der Waals surface area contributed by atoms with Crippen molar-refractivity contribution in [3.63, 3.8) is 0 Å². The molecule has 126 valence electrons. The Hall–Kier alpha value is -2.73. The van der Waals surface area contributed by atoms with Crippen LogP contribution in [-0.2, 0) is 4.79 Å². The predicted octanol–water partition coefficient (Wildman–Crippen LogP) is 2.81. The van der Waals surface area contributed by atoms with Crippen molar-refractivity contribution in [2.75, 3.05) is 12.4 Å². The summed E-state index contributed by atoms with van der Waals surface area (Å²) in [5.74, 6) is -0.670. The second-order valence-corrected chi connectivity index (χ2v) is 5.46. The number of benzene rings is 2. The van der Waals surface area contributed by atoms with E-state index in [2.05, 4.69) is 10.6 Å². The molecule has 0 fully saturated rings. The Morgan fingerprint density at radius 1 is 1.21 bits per heavy atom. The lowest BCUT2D eigenvalue weighted by Crippen LogP contribution is -2.41. The number of phenols is 1. The highest BCUT2D eigenvalue weighted by molar-refractivity contribution is 6.33. The van der Waals surface area contributed by atoms with Crippen LogP contribution in [0.15, 0.2) is 42.5 Å². The zero-order valence-corrected chi connectivity index (χ0v) is 13.9. The third-order valence-corrected chi connectivity index (χ3v) is 3.64. The minimum atomic E-state index is -0.794. The third-order valence-electron chi connectivity index (χ3n) is 3.31. The summed E-state index contributed by atoms with van der Waals surface area (Å²) in [7, 11) is 1.43. The number of ether oxygens (including phenoxy) is 1. The average molecular weight is 349 g/mol. The van der Waals surface area contributed by atoms with Crippen LogP contribution in [0.25, 0.3) is 0 Å². The van der Waals surface area contributed by atoms with E-state index >= 15 is 0 Å². The maximum absolute atomic E-state index is 12.2. The van der Waals surface area contributed by atoms with Crippen LogP contribution in [-0.4, -0.2) is 30.1 Å². The van der Waals surface area contributed by atoms with Crippen LogP contribution in [0, 0.1) is 0 Å². The highest BCUT2D eigenvalue weighted by Gasteiger charge is 2.18. The molecule has 0 unspecified atom stereocenters. The van der Waals surface area contributed by atoms with Gasteiger partial charge in [-0.1, -0.05) is 23.7 Å². The van der Waals surface area contributed by atoms with E-state index in [4.69, 9.17) is 16.3 Å². The molecule has 0 aliphatic rings. The van der Waals surface area contributed by atoms with Gasteiger partial charge in [0.25, 0.3) is 5.91 Å². The molecule has 2 rings (SSSR count). The molecule has 0 aromatic heterocycles. The topological polar surface area (TPSA) is 87.7 Å². The smallest absolute Gasteiger partial charge is 0.253 e. The van der Waals surface area contributed by atoms with Crippen molar-refractivity contribution in [3.8, 4) is 11.5 Å². The molecule has 0 heterocycles. The molecule has 3 N–H and O–H groups in total. The van der Waals surface area contributed by atoms with Gasteiger partial charge in [0, 0.05) is 11.8 Å². The number of rotatable bonds is 5. The number of halogens is 1. The molecule has 0 saturated carbocycles. The Balaban J connectivity index is 2.01. The van der Waals surface area contributed by atoms with E-state index in [0.717, 1.165) is 0 Å². The molecule has 0 aliphatic heterocycles. The molecule has 6 nitrogen and oxygen atoms in total. The van der Waals surface area contributed by atoms with Gasteiger partial charge in [-0.05, 0) is 31.2 Å². The summed E-state index contributed by atoms with van der Waals surface area (Å²) in [5.41, 5.74) is 0.679. The summed E-state index contributed by atoms with van der Waals surface area (Å²) in [6, 6.07) is 10.2. The van der Waals surface area contributed by atoms with E-state index in [9.17, 15) is 14.7 Å². The fourth-order valence-corrected chi connectivity index (χ4v) is 2.23. The van der Waals surface area contributed by atoms with Crippen LogP contribution >= 0.6 is 11.6 Å². The SMILES string of the molecule is COc1ccc(NC(=O)[C@H](C)NC(=O)c2ccccc2Cl)cc1O. The lowest BCUT2D eigenvalue weighted by molar-refractivity contribution is -0.117. The van der Waals surface area contributed by atoms with Crippen molar-refractivity contribution < 1.29 is 19.4 Å². The van der Waals surface area contributed by atoms with Crippen molar-refractivity contribution in [1.29, 1.82) is 0 Å². The number of aromatic hydroxyl groups is 1. The predicted molar refractivity (Wildman–Crippen MR) is 91.7 cm³/mol. The quantitative estimate of drug-likeness (QED) is 0.775. The van der Waals surface area contributed by atoms with E-state index in [-0.39, 0.29) is 5.75 Å². The summed E-state index contributed by atoms with van der Waals surface area (Å²) in [4.78, 5) is 24.3. The van der Waals surface area contributed by atoms with E-state index in [1.807, 2.05) is 0 Å². The molecule has 0 aliphatic carbocycles. The van der Waals surface area contributed by atoms with Gasteiger partial charge in [0.05, 0.1) is 17.7 Å². The van der Waals surface area contributed by atoms with Crippen molar-refractivity contribution in [3.05, 3.63) is 53.1 Å². The standard InChI is InChI=1S/C17H17ClN2O4/c1-10(19-17(23)12-5-3-4-6-13(12)18)16(22)20-11-7-8-15(24-2)14(21)9-11/h3-10,21H,1-2H3,(H,19,23)(H,20,22)/t10-/m0/s1. The maximum Gasteiger partial charge on any atom is 0.253 e. The molecule has 1 atom stereocenters. The first-order chi connectivity index (χ1) is 11.4. The number of hydrogen-bond acceptors (Lipinski definition) is 4. The molecule has 2 aromatic carbocycles. The summed E-state index contributed by atoms with van der Waals surface area (Å²) < 4.78 is 4.93. The minimum Gasteiger partial charge on any atom is -0.504 e. The molecular formula is C17H17ClN2O4. The molecule has 2 aromatic rings. The van der Waals surface area contributed by atoms with Crippen LogP contribution in [0.2, 0.25) is 5.02 Å². The van der Waals surface area contributed by atoms with Crippen molar-refractivity contribution in [1.82, 2.24) is 5.32 Å². The minimum absolute atomic E-state index is 0.0944. The molecule has 0 radical (unpaired) electrons. The van der Waals surface area contributed by atoms with E-state index in [0.29, 0.717) is 22.0 Å². The number of hydrogen-bond donors (Lipinski definition) is 3. The van der Waals surface area contributed by atoms with Crippen molar-refractivity contribution in [2.24, 2.45) is 0 Å². The second kappa shape index (κ2) is 7.70. The fraction of sp³-hybridized carbons (Fsp3) is 0.176. The molecule has 24 heavy (non-hydrogen) atoms. The Bertz CT molecular complexity index is 764. The van der Waals surface area contributed by atoms with Gasteiger partial charge in [0.15, 0.2) is 11.5 Å². The Kier molecular flexibility index (Phi) is 5.65. The largest absolute Gasteiger partial charge is 0.504 e. The number of anilines is 1. The lowest BCUT2D eigenvalue weighted by atomic mass is 10.2. The highest BCUT2D eigenvalue weighted by atomic mass is 35.5. The van der Waals surface area contributed by atoms with E-state index < -0.39 is 17.9 Å². The number of carbonyl (C=O) groups is 2. The summed E-state index contributed by atoms with van der Waals surface area (Å²) in [5, 5.41) is 15.2. The molecule has 7 heteroatoms. The Labute approximate surface area is 144 Å². The monoisotopic (exact) mass is 348 g/mol. The van der Waals surface area contributed by atoms with Crippen LogP contribution in [0.4, 0.5) is 5.69 Å². The van der Waals surface area contributed by atoms with Gasteiger partial charge in [0.1, 0.15) is 6.04 Å². The first kappa shape index (κ1) is 17.6. The van der Waals surface area contributed by atoms with Crippen LogP contribution in [0.1, 0.15) is 17.3 Å². The van der Waals surface area contributed by atoms with Crippen LogP contribution in [0.3, 0.4) is 0 Å². The van der Waals surface area contributed by atoms with E-state index in [1.165, 1.54) is 19.2 Å². The normalized spacial score (nSPS) is 11.5. The van der Waals surface area contributed by atoms with Gasteiger partial charge < -0.3 is 20.5 Å². The van der Waals surface area contributed by atoms with Gasteiger partial charge in [-0.25, -0.2) is 0 Å². The van der Waals surface area contributed by atoms with Gasteiger partial charge in [0.2, 0.25) is 5.91 Å². The molecule has 2 amide bonds. The number of methoxy groups -OCH3 is 1. The fourth-order valence-electron chi connectivity index (χ4n) is 2.00. The molecular weight excluding hydrogens is 332 g/mol. The first-order valence-corrected chi connectivity index (χ1v) is 7.53. The van der Waals surface area contributed by atoms with Crippen molar-refractivity contribution in [2.45, 2.75) is 13.0 Å². The highest BCUT2D eigenvalue weighted by Crippen LogP contribution is 2.28. The molecule has 0 bridgehead atoms. The molecule has 0 saturated heterocycles. The van der Waals surface area contributed by atoms with Crippen LogP contribution < -0.4 is 15.4 Å². The average Bonchev–Trinajstić information content (AvgIpc) is 2.55. The number of phenolic OH excluding ortho intramolecular Hbond substituents is 1. The zero-order valence-electron chi connectivity index (χ0n) is 13.2. The summed E-state index contributed by atoms with van der Waals surface area (Å²) in [6.45, 7) is 1.55. The number of carbonyl (C=O) groups excluding carboxylic acids is 2. The Morgan fingerprint density at radius 3 is 2.54 bits per heavy atom. The van der Waals surface area contributed by atoms with Gasteiger partial charge >= 0.3 is 0 Å². The van der Waals surface area contributed by atoms with E-state index in [1.54, 1.807) is 37.3 Å². The summed E-state index contributed by atoms with van der Waals surface area (Å²) in [6.07, 6.45) is 0.